The minimum Gasteiger partial charge on any atom is -0.454 e. The largest absolute Gasteiger partial charge is 0.454 e. The first-order chi connectivity index (χ1) is 11.4. The maximum Gasteiger partial charge on any atom is 0.331 e. The van der Waals surface area contributed by atoms with Gasteiger partial charge in [0.1, 0.15) is 0 Å². The van der Waals surface area contributed by atoms with Crippen LogP contribution >= 0.6 is 0 Å². The number of aryl methyl sites for hydroxylation is 4. The van der Waals surface area contributed by atoms with E-state index < -0.39 is 5.97 Å². The third kappa shape index (κ3) is 4.66. The van der Waals surface area contributed by atoms with Crippen molar-refractivity contribution in [3.63, 3.8) is 0 Å². The maximum atomic E-state index is 12.2. The van der Waals surface area contributed by atoms with E-state index >= 15 is 0 Å². The van der Waals surface area contributed by atoms with Crippen molar-refractivity contribution in [1.82, 2.24) is 0 Å². The predicted octanol–water partition coefficient (Wildman–Crippen LogP) is 4.36. The number of carbonyl (C=O) groups excluding carboxylic acids is 2. The van der Waals surface area contributed by atoms with Gasteiger partial charge in [0.2, 0.25) is 5.78 Å². The third-order valence-corrected chi connectivity index (χ3v) is 3.98. The Morgan fingerprint density at radius 3 is 2.21 bits per heavy atom. The van der Waals surface area contributed by atoms with Gasteiger partial charge in [-0.15, -0.1) is 0 Å². The normalized spacial score (nSPS) is 10.8. The van der Waals surface area contributed by atoms with Crippen LogP contribution in [0.15, 0.2) is 42.5 Å². The molecule has 0 bridgehead atoms. The molecule has 0 radical (unpaired) electrons. The van der Waals surface area contributed by atoms with Gasteiger partial charge < -0.3 is 4.74 Å². The van der Waals surface area contributed by atoms with Crippen molar-refractivity contribution >= 4 is 17.8 Å². The molecule has 0 saturated carbocycles. The van der Waals surface area contributed by atoms with E-state index in [4.69, 9.17) is 4.74 Å². The fraction of sp³-hybridized carbons (Fsp3) is 0.238. The van der Waals surface area contributed by atoms with Crippen molar-refractivity contribution in [1.29, 1.82) is 0 Å². The van der Waals surface area contributed by atoms with Gasteiger partial charge in [0.05, 0.1) is 0 Å². The summed E-state index contributed by atoms with van der Waals surface area (Å²) in [5, 5.41) is 0. The van der Waals surface area contributed by atoms with Crippen molar-refractivity contribution in [3.8, 4) is 0 Å². The molecule has 124 valence electrons. The smallest absolute Gasteiger partial charge is 0.331 e. The monoisotopic (exact) mass is 322 g/mol. The van der Waals surface area contributed by atoms with E-state index in [0.29, 0.717) is 5.56 Å². The van der Waals surface area contributed by atoms with E-state index in [9.17, 15) is 9.59 Å². The fourth-order valence-corrected chi connectivity index (χ4v) is 2.37. The van der Waals surface area contributed by atoms with Crippen LogP contribution in [0.3, 0.4) is 0 Å². The number of hydrogen-bond donors (Lipinski definition) is 0. The fourth-order valence-electron chi connectivity index (χ4n) is 2.37. The molecule has 2 rings (SSSR count). The maximum absolute atomic E-state index is 12.2. The van der Waals surface area contributed by atoms with Crippen LogP contribution in [0.5, 0.6) is 0 Å². The van der Waals surface area contributed by atoms with Crippen molar-refractivity contribution in [3.05, 3.63) is 75.9 Å². The molecule has 0 unspecified atom stereocenters. The van der Waals surface area contributed by atoms with E-state index in [1.54, 1.807) is 6.08 Å². The Morgan fingerprint density at radius 2 is 1.54 bits per heavy atom. The molecule has 0 fully saturated rings. The van der Waals surface area contributed by atoms with Crippen LogP contribution < -0.4 is 0 Å². The number of ether oxygens (including phenoxy) is 1. The number of benzene rings is 2. The summed E-state index contributed by atoms with van der Waals surface area (Å²) in [5.41, 5.74) is 5.76. The molecule has 0 aliphatic carbocycles. The number of carbonyl (C=O) groups is 2. The summed E-state index contributed by atoms with van der Waals surface area (Å²) in [6.45, 7) is 7.61. The summed E-state index contributed by atoms with van der Waals surface area (Å²) in [6, 6.07) is 11.6. The molecule has 0 saturated heterocycles. The van der Waals surface area contributed by atoms with Gasteiger partial charge in [-0.05, 0) is 62.1 Å². The Hall–Kier alpha value is -2.68. The molecule has 0 spiro atoms. The van der Waals surface area contributed by atoms with E-state index in [2.05, 4.69) is 0 Å². The number of ketones is 1. The van der Waals surface area contributed by atoms with Gasteiger partial charge in [-0.25, -0.2) is 4.79 Å². The second-order valence-corrected chi connectivity index (χ2v) is 6.03. The van der Waals surface area contributed by atoms with E-state index in [1.807, 2.05) is 64.1 Å². The molecule has 3 nitrogen and oxygen atoms in total. The molecular weight excluding hydrogens is 300 g/mol. The zero-order valence-electron chi connectivity index (χ0n) is 14.6. The Labute approximate surface area is 143 Å². The predicted molar refractivity (Wildman–Crippen MR) is 96.2 cm³/mol. The minimum absolute atomic E-state index is 0.187. The SMILES string of the molecule is Cc1ccc(/C=C/C(=O)OCC(=O)c2cc(C)c(C)cc2C)cc1. The van der Waals surface area contributed by atoms with Crippen LogP contribution in [0.25, 0.3) is 6.08 Å². The second kappa shape index (κ2) is 7.73. The lowest BCUT2D eigenvalue weighted by atomic mass is 9.98. The molecule has 2 aromatic rings. The highest BCUT2D eigenvalue weighted by atomic mass is 16.5. The summed E-state index contributed by atoms with van der Waals surface area (Å²) in [7, 11) is 0. The minimum atomic E-state index is -0.523. The summed E-state index contributed by atoms with van der Waals surface area (Å²) < 4.78 is 5.05. The molecule has 0 heterocycles. The lowest BCUT2D eigenvalue weighted by Crippen LogP contribution is -2.14. The van der Waals surface area contributed by atoms with Crippen LogP contribution in [0.1, 0.15) is 38.2 Å². The van der Waals surface area contributed by atoms with Crippen LogP contribution in [0.2, 0.25) is 0 Å². The van der Waals surface area contributed by atoms with E-state index in [-0.39, 0.29) is 12.4 Å². The highest BCUT2D eigenvalue weighted by Crippen LogP contribution is 2.16. The van der Waals surface area contributed by atoms with Gasteiger partial charge in [-0.2, -0.15) is 0 Å². The average Bonchev–Trinajstić information content (AvgIpc) is 2.55. The van der Waals surface area contributed by atoms with Gasteiger partial charge in [-0.1, -0.05) is 35.9 Å². The molecule has 0 aromatic heterocycles. The van der Waals surface area contributed by atoms with Crippen molar-refractivity contribution in [2.75, 3.05) is 6.61 Å². The van der Waals surface area contributed by atoms with Crippen molar-refractivity contribution < 1.29 is 14.3 Å². The van der Waals surface area contributed by atoms with E-state index in [1.165, 1.54) is 6.08 Å². The molecule has 3 heteroatoms. The highest BCUT2D eigenvalue weighted by Gasteiger charge is 2.12. The molecular formula is C21H22O3. The van der Waals surface area contributed by atoms with E-state index in [0.717, 1.165) is 27.8 Å². The summed E-state index contributed by atoms with van der Waals surface area (Å²) >= 11 is 0. The van der Waals surface area contributed by atoms with Gasteiger partial charge in [0.15, 0.2) is 6.61 Å². The molecule has 24 heavy (non-hydrogen) atoms. The zero-order chi connectivity index (χ0) is 17.7. The van der Waals surface area contributed by atoms with Gasteiger partial charge >= 0.3 is 5.97 Å². The summed E-state index contributed by atoms with van der Waals surface area (Å²) in [4.78, 5) is 24.0. The van der Waals surface area contributed by atoms with Gasteiger partial charge in [0, 0.05) is 11.6 Å². The molecule has 0 aliphatic heterocycles. The Bertz CT molecular complexity index is 783. The number of Topliss-reactive ketones (excluding diaryl/α,β-unsaturated/α-hetero) is 1. The second-order valence-electron chi connectivity index (χ2n) is 6.03. The first kappa shape index (κ1) is 17.7. The topological polar surface area (TPSA) is 43.4 Å². The number of esters is 1. The quantitative estimate of drug-likeness (QED) is 0.467. The number of rotatable bonds is 5. The van der Waals surface area contributed by atoms with Crippen LogP contribution in [-0.4, -0.2) is 18.4 Å². The lowest BCUT2D eigenvalue weighted by Gasteiger charge is -2.09. The van der Waals surface area contributed by atoms with Crippen molar-refractivity contribution in [2.24, 2.45) is 0 Å². The standard InChI is InChI=1S/C21H22O3/c1-14-5-7-18(8-6-14)9-10-21(23)24-13-20(22)19-12-16(3)15(2)11-17(19)4/h5-12H,13H2,1-4H3/b10-9+. The Kier molecular flexibility index (Phi) is 5.69. The Morgan fingerprint density at radius 1 is 0.917 bits per heavy atom. The molecule has 2 aromatic carbocycles. The van der Waals surface area contributed by atoms with Gasteiger partial charge in [-0.3, -0.25) is 4.79 Å². The average molecular weight is 322 g/mol. The van der Waals surface area contributed by atoms with Crippen molar-refractivity contribution in [2.45, 2.75) is 27.7 Å². The summed E-state index contributed by atoms with van der Waals surface area (Å²) in [6.07, 6.45) is 3.01. The zero-order valence-corrected chi connectivity index (χ0v) is 14.6. The molecule has 0 atom stereocenters. The van der Waals surface area contributed by atoms with Crippen LogP contribution in [0.4, 0.5) is 0 Å². The number of hydrogen-bond acceptors (Lipinski definition) is 3. The van der Waals surface area contributed by atoms with Gasteiger partial charge in [0.25, 0.3) is 0 Å². The first-order valence-corrected chi connectivity index (χ1v) is 7.89. The lowest BCUT2D eigenvalue weighted by molar-refractivity contribution is -0.136. The Balaban J connectivity index is 1.95. The summed E-state index contributed by atoms with van der Waals surface area (Å²) in [5.74, 6) is -0.710. The molecule has 0 aliphatic rings. The first-order valence-electron chi connectivity index (χ1n) is 7.89. The molecule has 0 amide bonds. The van der Waals surface area contributed by atoms with Crippen LogP contribution in [0, 0.1) is 27.7 Å². The van der Waals surface area contributed by atoms with Crippen LogP contribution in [-0.2, 0) is 9.53 Å². The molecule has 0 N–H and O–H groups in total. The third-order valence-electron chi connectivity index (χ3n) is 3.98. The highest BCUT2D eigenvalue weighted by molar-refractivity contribution is 6.00.